The highest BCUT2D eigenvalue weighted by molar-refractivity contribution is 5.94. The summed E-state index contributed by atoms with van der Waals surface area (Å²) in [6.07, 6.45) is -9.59. The van der Waals surface area contributed by atoms with Gasteiger partial charge in [0.05, 0.1) is 13.1 Å². The molecular formula is C47H38F6N8O8. The number of aryl methyl sites for hydroxylation is 2. The first-order valence-corrected chi connectivity index (χ1v) is 20.0. The minimum atomic E-state index is -4.80. The number of carbonyl (C=O) groups is 2. The Morgan fingerprint density at radius 1 is 0.594 bits per heavy atom. The van der Waals surface area contributed by atoms with Crippen molar-refractivity contribution in [3.05, 3.63) is 176 Å². The topological polar surface area (TPSA) is 235 Å². The number of ketones is 1. The van der Waals surface area contributed by atoms with Gasteiger partial charge < -0.3 is 39.5 Å². The molecule has 0 atom stereocenters. The van der Waals surface area contributed by atoms with Crippen molar-refractivity contribution in [2.24, 2.45) is 5.73 Å². The average molecular weight is 957 g/mol. The van der Waals surface area contributed by atoms with E-state index in [0.717, 1.165) is 29.8 Å². The molecule has 356 valence electrons. The van der Waals surface area contributed by atoms with Crippen LogP contribution >= 0.6 is 0 Å². The molecule has 5 N–H and O–H groups in total. The van der Waals surface area contributed by atoms with E-state index in [1.54, 1.807) is 80.6 Å². The van der Waals surface area contributed by atoms with E-state index >= 15 is 0 Å². The zero-order valence-corrected chi connectivity index (χ0v) is 36.5. The fraction of sp³-hybridized carbons (Fsp3) is 0.149. The second-order valence-corrected chi connectivity index (χ2v) is 14.9. The number of amides is 1. The number of carbonyl (C=O) groups excluding carboxylic acids is 2. The monoisotopic (exact) mass is 956 g/mol. The minimum absolute atomic E-state index is 0. The maximum Gasteiger partial charge on any atom is 0.573 e. The van der Waals surface area contributed by atoms with E-state index in [2.05, 4.69) is 29.8 Å². The molecule has 0 aliphatic rings. The van der Waals surface area contributed by atoms with E-state index < -0.39 is 24.2 Å². The summed E-state index contributed by atoms with van der Waals surface area (Å²) in [4.78, 5) is 57.9. The number of pyridine rings is 2. The highest BCUT2D eigenvalue weighted by Crippen LogP contribution is 2.28. The van der Waals surface area contributed by atoms with E-state index in [9.17, 15) is 45.5 Å². The summed E-state index contributed by atoms with van der Waals surface area (Å²) in [5, 5.41) is 7.67. The Hall–Kier alpha value is -8.66. The van der Waals surface area contributed by atoms with Gasteiger partial charge in [-0.25, -0.2) is 0 Å². The molecule has 0 bridgehead atoms. The zero-order chi connectivity index (χ0) is 48.9. The number of halogens is 6. The summed E-state index contributed by atoms with van der Waals surface area (Å²) in [7, 11) is 0. The minimum Gasteiger partial charge on any atom is -0.406 e. The lowest BCUT2D eigenvalue weighted by molar-refractivity contribution is -0.275. The van der Waals surface area contributed by atoms with Crippen LogP contribution in [0.15, 0.2) is 140 Å². The van der Waals surface area contributed by atoms with Crippen molar-refractivity contribution in [1.82, 2.24) is 35.6 Å². The van der Waals surface area contributed by atoms with E-state index in [4.69, 9.17) is 14.8 Å². The Balaban J connectivity index is 0.000000224. The van der Waals surface area contributed by atoms with Gasteiger partial charge in [-0.05, 0) is 123 Å². The van der Waals surface area contributed by atoms with Crippen LogP contribution in [0.25, 0.3) is 45.7 Å². The Labute approximate surface area is 386 Å². The van der Waals surface area contributed by atoms with Crippen LogP contribution in [0.4, 0.5) is 26.3 Å². The number of aromatic nitrogens is 6. The number of Topliss-reactive ketones (excluding diaryl/α,β-unsaturated/α-hetero) is 1. The molecule has 22 heteroatoms. The van der Waals surface area contributed by atoms with Crippen molar-refractivity contribution in [2.45, 2.75) is 46.6 Å². The predicted octanol–water partition coefficient (Wildman–Crippen LogP) is 9.10. The van der Waals surface area contributed by atoms with Crippen molar-refractivity contribution in [3.63, 3.8) is 0 Å². The molecule has 8 rings (SSSR count). The number of nitrogens with two attached hydrogens (primary N) is 1. The summed E-state index contributed by atoms with van der Waals surface area (Å²) < 4.78 is 95.2. The number of alkyl halides is 6. The number of ether oxygens (including phenoxy) is 2. The number of rotatable bonds is 12. The van der Waals surface area contributed by atoms with Crippen LogP contribution in [0.1, 0.15) is 50.2 Å². The van der Waals surface area contributed by atoms with Crippen LogP contribution in [0.3, 0.4) is 0 Å². The first-order valence-electron chi connectivity index (χ1n) is 20.0. The average Bonchev–Trinajstić information content (AvgIpc) is 3.98. The van der Waals surface area contributed by atoms with Gasteiger partial charge in [0.25, 0.3) is 22.9 Å². The van der Waals surface area contributed by atoms with Crippen molar-refractivity contribution >= 4 is 11.7 Å². The van der Waals surface area contributed by atoms with Gasteiger partial charge in [-0.1, -0.05) is 40.6 Å². The maximum absolute atomic E-state index is 13.2. The van der Waals surface area contributed by atoms with Crippen LogP contribution in [0.2, 0.25) is 0 Å². The SMILES string of the molecule is CC(=O)c1cccc(Cn2c(C)ccc(-c3nc(-c4ccc(OC(F)(F)F)cc4)no3)c2=O)c1.Cc1ccc(-c2nc(-c3ccc(OC(F)(F)F)cc3)no2)c(=O)n1Cc1cccc(C(N)=O)c1.N. The molecule has 0 radical (unpaired) electrons. The highest BCUT2D eigenvalue weighted by Gasteiger charge is 2.32. The molecule has 4 aromatic carbocycles. The van der Waals surface area contributed by atoms with E-state index in [-0.39, 0.29) is 76.6 Å². The summed E-state index contributed by atoms with van der Waals surface area (Å²) in [6.45, 7) is 5.43. The van der Waals surface area contributed by atoms with Crippen molar-refractivity contribution in [3.8, 4) is 57.2 Å². The number of hydrogen-bond donors (Lipinski definition) is 2. The molecule has 8 aromatic rings. The van der Waals surface area contributed by atoms with Gasteiger partial charge in [-0.3, -0.25) is 19.2 Å². The molecule has 1 amide bonds. The predicted molar refractivity (Wildman–Crippen MR) is 236 cm³/mol. The lowest BCUT2D eigenvalue weighted by Gasteiger charge is -2.11. The molecule has 0 saturated heterocycles. The zero-order valence-electron chi connectivity index (χ0n) is 36.5. The maximum atomic E-state index is 13.2. The van der Waals surface area contributed by atoms with Crippen LogP contribution in [0, 0.1) is 13.8 Å². The molecule has 0 spiro atoms. The summed E-state index contributed by atoms with van der Waals surface area (Å²) in [6, 6.07) is 30.1. The third kappa shape index (κ3) is 12.4. The fourth-order valence-electron chi connectivity index (χ4n) is 6.65. The number of primary amides is 1. The van der Waals surface area contributed by atoms with Crippen LogP contribution in [-0.2, 0) is 13.1 Å². The second-order valence-electron chi connectivity index (χ2n) is 14.9. The molecule has 0 aliphatic heterocycles. The molecule has 16 nitrogen and oxygen atoms in total. The molecule has 0 unspecified atom stereocenters. The molecule has 0 aliphatic carbocycles. The fourth-order valence-corrected chi connectivity index (χ4v) is 6.65. The Bertz CT molecular complexity index is 3040. The van der Waals surface area contributed by atoms with Crippen LogP contribution in [-0.4, -0.2) is 53.8 Å². The summed E-state index contributed by atoms with van der Waals surface area (Å²) >= 11 is 0. The smallest absolute Gasteiger partial charge is 0.406 e. The summed E-state index contributed by atoms with van der Waals surface area (Å²) in [5.41, 5.74) is 9.37. The molecule has 4 heterocycles. The van der Waals surface area contributed by atoms with E-state index in [0.29, 0.717) is 39.2 Å². The lowest BCUT2D eigenvalue weighted by Crippen LogP contribution is -2.24. The second kappa shape index (κ2) is 20.5. The van der Waals surface area contributed by atoms with E-state index in [1.807, 2.05) is 6.07 Å². The third-order valence-electron chi connectivity index (χ3n) is 10.0. The molecular weight excluding hydrogens is 919 g/mol. The molecule has 0 fully saturated rings. The van der Waals surface area contributed by atoms with Gasteiger partial charge in [0.1, 0.15) is 22.6 Å². The van der Waals surface area contributed by atoms with Crippen molar-refractivity contribution in [1.29, 1.82) is 0 Å². The van der Waals surface area contributed by atoms with Crippen molar-refractivity contribution in [2.75, 3.05) is 0 Å². The van der Waals surface area contributed by atoms with Gasteiger partial charge >= 0.3 is 12.7 Å². The number of nitrogens with zero attached hydrogens (tertiary/aromatic N) is 6. The summed E-state index contributed by atoms with van der Waals surface area (Å²) in [5.74, 6) is -1.29. The highest BCUT2D eigenvalue weighted by atomic mass is 19.4. The normalized spacial score (nSPS) is 11.3. The third-order valence-corrected chi connectivity index (χ3v) is 10.0. The van der Waals surface area contributed by atoms with Gasteiger partial charge in [0.2, 0.25) is 17.6 Å². The molecule has 69 heavy (non-hydrogen) atoms. The largest absolute Gasteiger partial charge is 0.573 e. The molecule has 4 aromatic heterocycles. The number of benzene rings is 4. The number of hydrogen-bond acceptors (Lipinski definition) is 13. The first kappa shape index (κ1) is 49.8. The van der Waals surface area contributed by atoms with Gasteiger partial charge in [-0.15, -0.1) is 26.3 Å². The van der Waals surface area contributed by atoms with Gasteiger partial charge in [-0.2, -0.15) is 9.97 Å². The quantitative estimate of drug-likeness (QED) is 0.0860. The Kier molecular flexibility index (Phi) is 14.8. The van der Waals surface area contributed by atoms with E-state index in [1.165, 1.54) is 40.3 Å². The van der Waals surface area contributed by atoms with Gasteiger partial charge in [0, 0.05) is 33.6 Å². The lowest BCUT2D eigenvalue weighted by atomic mass is 10.1. The van der Waals surface area contributed by atoms with Gasteiger partial charge in [0.15, 0.2) is 5.78 Å². The Morgan fingerprint density at radius 2 is 0.986 bits per heavy atom. The first-order chi connectivity index (χ1) is 32.2. The van der Waals surface area contributed by atoms with Crippen LogP contribution in [0.5, 0.6) is 11.5 Å². The standard InChI is InChI=1S/C24H18F3N3O4.C23H17F3N4O4.H3N/c1-14-6-11-20(23(32)30(14)13-16-4-3-5-18(12-16)15(2)31)22-28-21(29-34-22)17-7-9-19(10-8-17)33-24(25,26)27;1-13-5-10-18(22(32)30(13)12-14-3-2-4-16(11-14)19(27)31)21-28-20(29-34-21)15-6-8-17(9-7-15)33-23(24,25)26;/h3-12H,13H2,1-2H3;2-11H,12H2,1H3,(H2,27,31);1H3. The molecule has 0 saturated carbocycles. The Morgan fingerprint density at radius 3 is 1.36 bits per heavy atom. The van der Waals surface area contributed by atoms with Crippen LogP contribution < -0.4 is 32.5 Å². The van der Waals surface area contributed by atoms with Crippen molar-refractivity contribution < 1.29 is 54.5 Å².